The third kappa shape index (κ3) is 4.03. The Balaban J connectivity index is 2.02. The molecule has 0 radical (unpaired) electrons. The number of benzene rings is 2. The number of nitrogens with two attached hydrogens (primary N) is 1. The number of hydrogen-bond acceptors (Lipinski definition) is 3. The van der Waals surface area contributed by atoms with Gasteiger partial charge in [-0.2, -0.15) is 0 Å². The van der Waals surface area contributed by atoms with Gasteiger partial charge >= 0.3 is 0 Å². The lowest BCUT2D eigenvalue weighted by atomic mass is 9.98. The average Bonchev–Trinajstić information content (AvgIpc) is 2.52. The van der Waals surface area contributed by atoms with Gasteiger partial charge in [-0.15, -0.1) is 0 Å². The Kier molecular flexibility index (Phi) is 5.31. The van der Waals surface area contributed by atoms with Crippen LogP contribution < -0.4 is 16.0 Å². The summed E-state index contributed by atoms with van der Waals surface area (Å²) in [5, 5.41) is 0. The summed E-state index contributed by atoms with van der Waals surface area (Å²) in [5.41, 5.74) is 5.67. The molecule has 1 atom stereocenters. The zero-order valence-electron chi connectivity index (χ0n) is 12.4. The second-order valence-corrected chi connectivity index (χ2v) is 5.11. The van der Waals surface area contributed by atoms with Gasteiger partial charge in [0.25, 0.3) is 0 Å². The molecule has 0 saturated carbocycles. The fourth-order valence-corrected chi connectivity index (χ4v) is 2.33. The Morgan fingerprint density at radius 2 is 1.90 bits per heavy atom. The lowest BCUT2D eigenvalue weighted by Gasteiger charge is -2.17. The second kappa shape index (κ2) is 7.20. The van der Waals surface area contributed by atoms with Crippen LogP contribution in [0.1, 0.15) is 29.2 Å². The number of nitrogens with one attached hydrogen (secondary N) is 1. The Morgan fingerprint density at radius 3 is 2.48 bits per heavy atom. The van der Waals surface area contributed by atoms with Crippen molar-refractivity contribution in [2.24, 2.45) is 5.84 Å². The van der Waals surface area contributed by atoms with Crippen LogP contribution in [0.2, 0.25) is 0 Å². The van der Waals surface area contributed by atoms with Gasteiger partial charge in [-0.1, -0.05) is 24.3 Å². The van der Waals surface area contributed by atoms with Crippen molar-refractivity contribution in [3.05, 3.63) is 65.0 Å². The molecular formula is C17H21FN2O. The summed E-state index contributed by atoms with van der Waals surface area (Å²) in [6, 6.07) is 13.1. The van der Waals surface area contributed by atoms with Gasteiger partial charge in [0.05, 0.1) is 7.11 Å². The first-order valence-electron chi connectivity index (χ1n) is 6.99. The van der Waals surface area contributed by atoms with E-state index in [1.165, 1.54) is 11.6 Å². The number of methoxy groups -OCH3 is 1. The van der Waals surface area contributed by atoms with Crippen molar-refractivity contribution in [2.45, 2.75) is 25.8 Å². The molecule has 0 aliphatic carbocycles. The van der Waals surface area contributed by atoms with Gasteiger partial charge in [-0.25, -0.2) is 4.39 Å². The molecule has 0 heterocycles. The van der Waals surface area contributed by atoms with Crippen molar-refractivity contribution >= 4 is 0 Å². The van der Waals surface area contributed by atoms with E-state index in [4.69, 9.17) is 10.6 Å². The van der Waals surface area contributed by atoms with Gasteiger partial charge in [0, 0.05) is 6.04 Å². The lowest BCUT2D eigenvalue weighted by Crippen LogP contribution is -2.28. The van der Waals surface area contributed by atoms with E-state index in [-0.39, 0.29) is 11.9 Å². The molecule has 0 amide bonds. The molecule has 2 aromatic carbocycles. The molecule has 1 unspecified atom stereocenters. The van der Waals surface area contributed by atoms with Crippen LogP contribution in [-0.2, 0) is 6.42 Å². The molecular weight excluding hydrogens is 267 g/mol. The van der Waals surface area contributed by atoms with Gasteiger partial charge in [-0.05, 0) is 54.7 Å². The molecule has 0 saturated heterocycles. The van der Waals surface area contributed by atoms with Crippen molar-refractivity contribution in [3.63, 3.8) is 0 Å². The zero-order valence-corrected chi connectivity index (χ0v) is 12.4. The Hall–Kier alpha value is -1.91. The third-order valence-electron chi connectivity index (χ3n) is 3.67. The second-order valence-electron chi connectivity index (χ2n) is 5.11. The predicted octanol–water partition coefficient (Wildman–Crippen LogP) is 3.28. The first-order chi connectivity index (χ1) is 10.1. The van der Waals surface area contributed by atoms with Crippen molar-refractivity contribution < 1.29 is 9.13 Å². The minimum atomic E-state index is -0.190. The van der Waals surface area contributed by atoms with E-state index in [0.29, 0.717) is 5.56 Å². The van der Waals surface area contributed by atoms with E-state index in [9.17, 15) is 4.39 Å². The summed E-state index contributed by atoms with van der Waals surface area (Å²) in [6.07, 6.45) is 1.73. The van der Waals surface area contributed by atoms with Crippen LogP contribution in [0.5, 0.6) is 5.75 Å². The molecule has 0 bridgehead atoms. The largest absolute Gasteiger partial charge is 0.497 e. The van der Waals surface area contributed by atoms with Crippen LogP contribution in [-0.4, -0.2) is 7.11 Å². The minimum absolute atomic E-state index is 0.00593. The Morgan fingerprint density at radius 1 is 1.19 bits per heavy atom. The molecule has 0 aliphatic heterocycles. The van der Waals surface area contributed by atoms with E-state index >= 15 is 0 Å². The van der Waals surface area contributed by atoms with E-state index < -0.39 is 0 Å². The standard InChI is InChI=1S/C17H21FN2O/c1-12-11-14(6-9-16(12)18)17(20-19)10-5-13-3-7-15(21-2)8-4-13/h3-4,6-9,11,17,20H,5,10,19H2,1-2H3. The third-order valence-corrected chi connectivity index (χ3v) is 3.67. The summed E-state index contributed by atoms with van der Waals surface area (Å²) in [4.78, 5) is 0. The van der Waals surface area contributed by atoms with Gasteiger partial charge in [0.1, 0.15) is 11.6 Å². The summed E-state index contributed by atoms with van der Waals surface area (Å²) >= 11 is 0. The fraction of sp³-hybridized carbons (Fsp3) is 0.294. The first kappa shape index (κ1) is 15.5. The van der Waals surface area contributed by atoms with Crippen LogP contribution >= 0.6 is 0 Å². The van der Waals surface area contributed by atoms with Crippen molar-refractivity contribution in [2.75, 3.05) is 7.11 Å². The first-order valence-corrected chi connectivity index (χ1v) is 6.99. The van der Waals surface area contributed by atoms with Gasteiger partial charge < -0.3 is 4.74 Å². The normalized spacial score (nSPS) is 12.2. The molecule has 112 valence electrons. The van der Waals surface area contributed by atoms with Crippen molar-refractivity contribution in [1.82, 2.24) is 5.43 Å². The van der Waals surface area contributed by atoms with E-state index in [2.05, 4.69) is 5.43 Å². The summed E-state index contributed by atoms with van der Waals surface area (Å²) in [5.74, 6) is 6.30. The monoisotopic (exact) mass is 288 g/mol. The molecule has 3 N–H and O–H groups in total. The molecule has 0 aliphatic rings. The molecule has 0 spiro atoms. The lowest BCUT2D eigenvalue weighted by molar-refractivity contribution is 0.414. The number of ether oxygens (including phenoxy) is 1. The molecule has 2 aromatic rings. The zero-order chi connectivity index (χ0) is 15.2. The Bertz CT molecular complexity index is 584. The number of aryl methyl sites for hydroxylation is 2. The Labute approximate surface area is 124 Å². The van der Waals surface area contributed by atoms with E-state index in [1.54, 1.807) is 20.1 Å². The summed E-state index contributed by atoms with van der Waals surface area (Å²) < 4.78 is 18.5. The number of hydrogen-bond donors (Lipinski definition) is 2. The summed E-state index contributed by atoms with van der Waals surface area (Å²) in [7, 11) is 1.65. The summed E-state index contributed by atoms with van der Waals surface area (Å²) in [6.45, 7) is 1.76. The molecule has 0 aromatic heterocycles. The highest BCUT2D eigenvalue weighted by molar-refractivity contribution is 5.29. The topological polar surface area (TPSA) is 47.3 Å². The van der Waals surface area contributed by atoms with Gasteiger partial charge in [-0.3, -0.25) is 11.3 Å². The smallest absolute Gasteiger partial charge is 0.126 e. The number of rotatable bonds is 6. The van der Waals surface area contributed by atoms with E-state index in [0.717, 1.165) is 24.2 Å². The SMILES string of the molecule is COc1ccc(CCC(NN)c2ccc(F)c(C)c2)cc1. The molecule has 3 nitrogen and oxygen atoms in total. The number of hydrazine groups is 1. The fourth-order valence-electron chi connectivity index (χ4n) is 2.33. The molecule has 4 heteroatoms. The molecule has 21 heavy (non-hydrogen) atoms. The minimum Gasteiger partial charge on any atom is -0.497 e. The van der Waals surface area contributed by atoms with Crippen LogP contribution in [0, 0.1) is 12.7 Å². The van der Waals surface area contributed by atoms with Gasteiger partial charge in [0.2, 0.25) is 0 Å². The predicted molar refractivity (Wildman–Crippen MR) is 82.5 cm³/mol. The average molecular weight is 288 g/mol. The van der Waals surface area contributed by atoms with Crippen LogP contribution in [0.4, 0.5) is 4.39 Å². The van der Waals surface area contributed by atoms with Crippen LogP contribution in [0.3, 0.4) is 0 Å². The van der Waals surface area contributed by atoms with Gasteiger partial charge in [0.15, 0.2) is 0 Å². The molecule has 0 fully saturated rings. The van der Waals surface area contributed by atoms with E-state index in [1.807, 2.05) is 30.3 Å². The maximum absolute atomic E-state index is 13.3. The van der Waals surface area contributed by atoms with Crippen molar-refractivity contribution in [1.29, 1.82) is 0 Å². The molecule has 2 rings (SSSR count). The highest BCUT2D eigenvalue weighted by atomic mass is 19.1. The quantitative estimate of drug-likeness (QED) is 0.633. The number of halogens is 1. The maximum atomic E-state index is 13.3. The van der Waals surface area contributed by atoms with Crippen molar-refractivity contribution in [3.8, 4) is 5.75 Å². The van der Waals surface area contributed by atoms with Crippen LogP contribution in [0.15, 0.2) is 42.5 Å². The van der Waals surface area contributed by atoms with Crippen LogP contribution in [0.25, 0.3) is 0 Å². The highest BCUT2D eigenvalue weighted by Crippen LogP contribution is 2.21. The highest BCUT2D eigenvalue weighted by Gasteiger charge is 2.11. The maximum Gasteiger partial charge on any atom is 0.126 e.